The molecule has 0 unspecified atom stereocenters. The first-order valence-corrected chi connectivity index (χ1v) is 8.33. The minimum atomic E-state index is -1.42. The first-order valence-electron chi connectivity index (χ1n) is 8.33. The Morgan fingerprint density at radius 1 is 0.963 bits per heavy atom. The summed E-state index contributed by atoms with van der Waals surface area (Å²) in [4.78, 5) is 24.7. The first kappa shape index (κ1) is 21.8. The van der Waals surface area contributed by atoms with Gasteiger partial charge in [-0.25, -0.2) is 0 Å². The lowest BCUT2D eigenvalue weighted by Crippen LogP contribution is -2.33. The lowest BCUT2D eigenvalue weighted by Gasteiger charge is -2.26. The van der Waals surface area contributed by atoms with E-state index in [0.29, 0.717) is 11.3 Å². The summed E-state index contributed by atoms with van der Waals surface area (Å²) >= 11 is 0. The smallest absolute Gasteiger partial charge is 0.324 e. The third-order valence-corrected chi connectivity index (χ3v) is 3.87. The predicted molar refractivity (Wildman–Crippen MR) is 93.8 cm³/mol. The molecule has 8 nitrogen and oxygen atoms in total. The second kappa shape index (κ2) is 10.7. The molecule has 0 aliphatic rings. The molecule has 0 aliphatic carbocycles. The van der Waals surface area contributed by atoms with Crippen LogP contribution in [0.5, 0.6) is 11.5 Å². The van der Waals surface area contributed by atoms with Gasteiger partial charge in [-0.3, -0.25) is 9.59 Å². The molecular weight excluding hydrogens is 352 g/mol. The van der Waals surface area contributed by atoms with Crippen LogP contribution >= 0.6 is 0 Å². The van der Waals surface area contributed by atoms with E-state index < -0.39 is 29.7 Å². The number of benzene rings is 1. The van der Waals surface area contributed by atoms with Crippen LogP contribution in [-0.2, 0) is 19.1 Å². The van der Waals surface area contributed by atoms with Crippen molar-refractivity contribution in [1.82, 2.24) is 0 Å². The van der Waals surface area contributed by atoms with Crippen molar-refractivity contribution < 1.29 is 28.5 Å². The maximum Gasteiger partial charge on any atom is 0.324 e. The van der Waals surface area contributed by atoms with Crippen molar-refractivity contribution in [3.8, 4) is 23.6 Å². The largest absolute Gasteiger partial charge is 0.493 e. The van der Waals surface area contributed by atoms with Gasteiger partial charge in [-0.2, -0.15) is 10.5 Å². The zero-order valence-electron chi connectivity index (χ0n) is 15.7. The number of esters is 2. The molecule has 1 aromatic rings. The number of nitriles is 2. The highest BCUT2D eigenvalue weighted by atomic mass is 16.5. The van der Waals surface area contributed by atoms with Gasteiger partial charge in [-0.1, -0.05) is 12.1 Å². The Balaban J connectivity index is 3.65. The van der Waals surface area contributed by atoms with E-state index in [-0.39, 0.29) is 19.0 Å². The Morgan fingerprint density at radius 3 is 1.85 bits per heavy atom. The van der Waals surface area contributed by atoms with Crippen LogP contribution in [0.15, 0.2) is 18.2 Å². The number of hydrogen-bond donors (Lipinski definition) is 0. The molecule has 0 bridgehead atoms. The lowest BCUT2D eigenvalue weighted by atomic mass is 9.77. The molecule has 0 amide bonds. The van der Waals surface area contributed by atoms with E-state index in [9.17, 15) is 20.1 Å². The maximum absolute atomic E-state index is 12.4. The normalized spacial score (nSPS) is 12.3. The van der Waals surface area contributed by atoms with E-state index in [0.717, 1.165) is 0 Å². The summed E-state index contributed by atoms with van der Waals surface area (Å²) in [7, 11) is 2.81. The molecule has 144 valence electrons. The van der Waals surface area contributed by atoms with Gasteiger partial charge >= 0.3 is 11.9 Å². The maximum atomic E-state index is 12.4. The third kappa shape index (κ3) is 4.89. The van der Waals surface area contributed by atoms with Gasteiger partial charge in [-0.05, 0) is 19.9 Å². The second-order valence-electron chi connectivity index (χ2n) is 5.33. The van der Waals surface area contributed by atoms with Crippen molar-refractivity contribution in [2.75, 3.05) is 27.4 Å². The van der Waals surface area contributed by atoms with Crippen molar-refractivity contribution >= 4 is 11.9 Å². The molecule has 0 spiro atoms. The van der Waals surface area contributed by atoms with Crippen molar-refractivity contribution in [2.45, 2.75) is 19.8 Å². The highest BCUT2D eigenvalue weighted by Gasteiger charge is 2.43. The van der Waals surface area contributed by atoms with Crippen LogP contribution in [0.2, 0.25) is 0 Å². The van der Waals surface area contributed by atoms with E-state index in [4.69, 9.17) is 18.9 Å². The molecule has 0 aromatic heterocycles. The first-order chi connectivity index (χ1) is 13.0. The van der Waals surface area contributed by atoms with Gasteiger partial charge < -0.3 is 18.9 Å². The van der Waals surface area contributed by atoms with E-state index in [2.05, 4.69) is 0 Å². The van der Waals surface area contributed by atoms with Gasteiger partial charge in [0, 0.05) is 11.5 Å². The van der Waals surface area contributed by atoms with Crippen molar-refractivity contribution in [1.29, 1.82) is 10.5 Å². The number of para-hydroxylation sites is 1. The summed E-state index contributed by atoms with van der Waals surface area (Å²) in [5.74, 6) is -5.11. The molecule has 0 fully saturated rings. The highest BCUT2D eigenvalue weighted by molar-refractivity contribution is 5.82. The number of nitrogens with zero attached hydrogens (tertiary/aromatic N) is 2. The average Bonchev–Trinajstić information content (AvgIpc) is 2.67. The van der Waals surface area contributed by atoms with E-state index in [1.54, 1.807) is 32.0 Å². The molecule has 2 atom stereocenters. The summed E-state index contributed by atoms with van der Waals surface area (Å²) in [6, 6.07) is 8.52. The number of hydrogen-bond acceptors (Lipinski definition) is 8. The number of carbonyl (C=O) groups excluding carboxylic acids is 2. The van der Waals surface area contributed by atoms with Crippen LogP contribution in [0.25, 0.3) is 0 Å². The van der Waals surface area contributed by atoms with Gasteiger partial charge in [0.25, 0.3) is 0 Å². The van der Waals surface area contributed by atoms with E-state index in [1.165, 1.54) is 14.2 Å². The fourth-order valence-electron chi connectivity index (χ4n) is 2.75. The van der Waals surface area contributed by atoms with Crippen LogP contribution < -0.4 is 9.47 Å². The molecule has 0 saturated carbocycles. The standard InChI is InChI=1S/C19H22N2O6/c1-5-26-18(22)13(10-20)16(14(11-21)19(23)27-6-2)12-8-7-9-15(24-3)17(12)25-4/h7-9,13-14,16H,5-6H2,1-4H3/t13-,14-/m0/s1. The molecule has 0 heterocycles. The SMILES string of the molecule is CCOC(=O)[C@@H](C#N)C(c1cccc(OC)c1OC)[C@H](C#N)C(=O)OCC. The monoisotopic (exact) mass is 374 g/mol. The highest BCUT2D eigenvalue weighted by Crippen LogP contribution is 2.42. The van der Waals surface area contributed by atoms with Gasteiger partial charge in [-0.15, -0.1) is 0 Å². The Kier molecular flexibility index (Phi) is 8.61. The topological polar surface area (TPSA) is 119 Å². The molecule has 1 aromatic carbocycles. The minimum Gasteiger partial charge on any atom is -0.493 e. The summed E-state index contributed by atoms with van der Waals surface area (Å²) in [6.07, 6.45) is 0. The van der Waals surface area contributed by atoms with Crippen LogP contribution in [0.1, 0.15) is 25.3 Å². The third-order valence-electron chi connectivity index (χ3n) is 3.87. The average molecular weight is 374 g/mol. The van der Waals surface area contributed by atoms with Crippen LogP contribution in [-0.4, -0.2) is 39.4 Å². The Labute approximate surface area is 158 Å². The zero-order chi connectivity index (χ0) is 20.4. The molecule has 0 aliphatic heterocycles. The quantitative estimate of drug-likeness (QED) is 0.604. The predicted octanol–water partition coefficient (Wildman–Crippen LogP) is 2.19. The Hall–Kier alpha value is -3.26. The summed E-state index contributed by atoms with van der Waals surface area (Å²) in [6.45, 7) is 3.30. The lowest BCUT2D eigenvalue weighted by molar-refractivity contribution is -0.150. The van der Waals surface area contributed by atoms with Crippen LogP contribution in [0.4, 0.5) is 0 Å². The van der Waals surface area contributed by atoms with Crippen LogP contribution in [0.3, 0.4) is 0 Å². The molecule has 0 N–H and O–H groups in total. The summed E-state index contributed by atoms with van der Waals surface area (Å²) < 4.78 is 20.5. The molecule has 0 radical (unpaired) electrons. The molecular formula is C19H22N2O6. The Morgan fingerprint density at radius 2 is 1.48 bits per heavy atom. The number of methoxy groups -OCH3 is 2. The minimum absolute atomic E-state index is 0.0512. The molecule has 27 heavy (non-hydrogen) atoms. The number of ether oxygens (including phenoxy) is 4. The second-order valence-corrected chi connectivity index (χ2v) is 5.33. The van der Waals surface area contributed by atoms with Gasteiger partial charge in [0.15, 0.2) is 23.3 Å². The zero-order valence-corrected chi connectivity index (χ0v) is 15.7. The van der Waals surface area contributed by atoms with Gasteiger partial charge in [0.05, 0.1) is 39.6 Å². The van der Waals surface area contributed by atoms with E-state index in [1.807, 2.05) is 12.1 Å². The van der Waals surface area contributed by atoms with E-state index >= 15 is 0 Å². The Bertz CT molecular complexity index is 714. The van der Waals surface area contributed by atoms with Crippen molar-refractivity contribution in [2.24, 2.45) is 11.8 Å². The van der Waals surface area contributed by atoms with Gasteiger partial charge in [0.1, 0.15) is 0 Å². The van der Waals surface area contributed by atoms with Crippen molar-refractivity contribution in [3.63, 3.8) is 0 Å². The fraction of sp³-hybridized carbons (Fsp3) is 0.474. The molecule has 0 saturated heterocycles. The van der Waals surface area contributed by atoms with Gasteiger partial charge in [0.2, 0.25) is 0 Å². The molecule has 1 rings (SSSR count). The number of carbonyl (C=O) groups is 2. The van der Waals surface area contributed by atoms with Crippen LogP contribution in [0, 0.1) is 34.5 Å². The summed E-state index contributed by atoms with van der Waals surface area (Å²) in [5.41, 5.74) is 0.302. The van der Waals surface area contributed by atoms with Crippen molar-refractivity contribution in [3.05, 3.63) is 23.8 Å². The summed E-state index contributed by atoms with van der Waals surface area (Å²) in [5, 5.41) is 19.2. The molecule has 8 heteroatoms. The number of rotatable bonds is 9. The fourth-order valence-corrected chi connectivity index (χ4v) is 2.75.